The second kappa shape index (κ2) is 10.1. The Hall–Kier alpha value is -2.42. The van der Waals surface area contributed by atoms with Gasteiger partial charge in [-0.25, -0.2) is 17.9 Å². The molecule has 0 spiro atoms. The molecule has 1 heterocycles. The molecule has 1 fully saturated rings. The fourth-order valence-corrected chi connectivity index (χ4v) is 4.62. The van der Waals surface area contributed by atoms with E-state index in [0.29, 0.717) is 26.0 Å². The summed E-state index contributed by atoms with van der Waals surface area (Å²) >= 11 is 0. The highest BCUT2D eigenvalue weighted by molar-refractivity contribution is 7.88. The number of carbonyl (C=O) groups excluding carboxylic acids is 1. The number of amides is 1. The van der Waals surface area contributed by atoms with Crippen molar-refractivity contribution >= 4 is 16.1 Å². The van der Waals surface area contributed by atoms with Gasteiger partial charge in [-0.2, -0.15) is 0 Å². The average molecular weight is 433 g/mol. The molecule has 3 rings (SSSR count). The van der Waals surface area contributed by atoms with Gasteiger partial charge in [0.1, 0.15) is 6.61 Å². The average Bonchev–Trinajstić information content (AvgIpc) is 3.09. The third-order valence-electron chi connectivity index (χ3n) is 5.14. The number of likely N-dealkylation sites (tertiary alicyclic amines) is 1. The van der Waals surface area contributed by atoms with E-state index in [1.54, 1.807) is 4.90 Å². The number of rotatable bonds is 8. The Morgan fingerprint density at radius 1 is 1.10 bits per heavy atom. The normalized spacial score (nSPS) is 19.1. The zero-order chi connectivity index (χ0) is 21.6. The summed E-state index contributed by atoms with van der Waals surface area (Å²) in [5.41, 5.74) is 3.21. The van der Waals surface area contributed by atoms with Gasteiger partial charge in [-0.05, 0) is 29.5 Å². The lowest BCUT2D eigenvalue weighted by Crippen LogP contribution is -2.47. The minimum Gasteiger partial charge on any atom is -0.447 e. The summed E-state index contributed by atoms with van der Waals surface area (Å²) < 4.78 is 36.6. The van der Waals surface area contributed by atoms with Crippen LogP contribution in [-0.4, -0.2) is 64.6 Å². The molecule has 0 bridgehead atoms. The van der Waals surface area contributed by atoms with Gasteiger partial charge in [-0.3, -0.25) is 0 Å². The predicted molar refractivity (Wildman–Crippen MR) is 116 cm³/mol. The van der Waals surface area contributed by atoms with E-state index in [0.717, 1.165) is 22.9 Å². The quantitative estimate of drug-likeness (QED) is 0.649. The fourth-order valence-electron chi connectivity index (χ4n) is 3.79. The lowest BCUT2D eigenvalue weighted by Gasteiger charge is -2.28. The minimum atomic E-state index is -3.40. The maximum atomic E-state index is 12.6. The zero-order valence-corrected chi connectivity index (χ0v) is 18.1. The molecule has 0 radical (unpaired) electrons. The number of sulfonamides is 1. The number of nitrogens with zero attached hydrogens (tertiary/aromatic N) is 1. The Morgan fingerprint density at radius 3 is 2.53 bits per heavy atom. The number of carbonyl (C=O) groups is 1. The van der Waals surface area contributed by atoms with Crippen LogP contribution in [0, 0.1) is 0 Å². The molecule has 1 N–H and O–H groups in total. The van der Waals surface area contributed by atoms with Crippen molar-refractivity contribution in [3.8, 4) is 11.1 Å². The Kier molecular flexibility index (Phi) is 7.47. The van der Waals surface area contributed by atoms with E-state index in [1.807, 2.05) is 48.5 Å². The highest BCUT2D eigenvalue weighted by Gasteiger charge is 2.39. The van der Waals surface area contributed by atoms with Crippen LogP contribution in [0.3, 0.4) is 0 Å². The maximum absolute atomic E-state index is 12.6. The highest BCUT2D eigenvalue weighted by Crippen LogP contribution is 2.26. The Labute approximate surface area is 178 Å². The molecule has 0 aliphatic carbocycles. The van der Waals surface area contributed by atoms with E-state index >= 15 is 0 Å². The highest BCUT2D eigenvalue weighted by atomic mass is 32.2. The van der Waals surface area contributed by atoms with E-state index in [4.69, 9.17) is 9.47 Å². The first kappa shape index (κ1) is 22.3. The molecule has 2 aromatic rings. The van der Waals surface area contributed by atoms with Crippen molar-refractivity contribution in [3.05, 3.63) is 60.2 Å². The fraction of sp³-hybridized carbons (Fsp3) is 0.409. The van der Waals surface area contributed by atoms with Crippen LogP contribution in [0.25, 0.3) is 11.1 Å². The molecule has 162 valence electrons. The molecule has 1 saturated heterocycles. The van der Waals surface area contributed by atoms with Gasteiger partial charge in [0.15, 0.2) is 0 Å². The number of hydrogen-bond donors (Lipinski definition) is 1. The van der Waals surface area contributed by atoms with Gasteiger partial charge >= 0.3 is 6.09 Å². The van der Waals surface area contributed by atoms with Crippen LogP contribution < -0.4 is 4.72 Å². The number of hydrogen-bond acceptors (Lipinski definition) is 5. The molecule has 8 heteroatoms. The van der Waals surface area contributed by atoms with Crippen LogP contribution in [0.5, 0.6) is 0 Å². The standard InChI is InChI=1S/C22H28N2O5S/c1-28-13-14-29-22(25)24-12-11-20(23-30(2,26)27)21(24)16-17-7-6-10-19(15-17)18-8-4-3-5-9-18/h3-10,15,20-21,23H,11-14,16H2,1-2H3/t20-,21-/m1/s1. The van der Waals surface area contributed by atoms with Crippen molar-refractivity contribution in [3.63, 3.8) is 0 Å². The molecule has 0 unspecified atom stereocenters. The number of methoxy groups -OCH3 is 1. The van der Waals surface area contributed by atoms with Gasteiger partial charge in [0.25, 0.3) is 0 Å². The van der Waals surface area contributed by atoms with Crippen molar-refractivity contribution in [2.24, 2.45) is 0 Å². The largest absolute Gasteiger partial charge is 0.447 e. The zero-order valence-electron chi connectivity index (χ0n) is 17.3. The summed E-state index contributed by atoms with van der Waals surface area (Å²) in [5.74, 6) is 0. The first-order chi connectivity index (χ1) is 14.4. The van der Waals surface area contributed by atoms with Crippen LogP contribution in [0.1, 0.15) is 12.0 Å². The lowest BCUT2D eigenvalue weighted by atomic mass is 9.97. The first-order valence-corrected chi connectivity index (χ1v) is 11.8. The van der Waals surface area contributed by atoms with Crippen molar-refractivity contribution in [1.82, 2.24) is 9.62 Å². The van der Waals surface area contributed by atoms with Crippen molar-refractivity contribution in [2.75, 3.05) is 33.1 Å². The third-order valence-corrected chi connectivity index (χ3v) is 5.87. The van der Waals surface area contributed by atoms with Crippen LogP contribution in [0.15, 0.2) is 54.6 Å². The second-order valence-electron chi connectivity index (χ2n) is 7.42. The van der Waals surface area contributed by atoms with E-state index in [9.17, 15) is 13.2 Å². The molecule has 2 atom stereocenters. The molecular formula is C22H28N2O5S. The van der Waals surface area contributed by atoms with Crippen molar-refractivity contribution < 1.29 is 22.7 Å². The van der Waals surface area contributed by atoms with Gasteiger partial charge in [-0.15, -0.1) is 0 Å². The monoisotopic (exact) mass is 432 g/mol. The van der Waals surface area contributed by atoms with Gasteiger partial charge in [0.05, 0.1) is 18.9 Å². The molecule has 2 aromatic carbocycles. The summed E-state index contributed by atoms with van der Waals surface area (Å²) in [4.78, 5) is 14.2. The molecule has 1 aliphatic heterocycles. The van der Waals surface area contributed by atoms with E-state index in [2.05, 4.69) is 10.8 Å². The van der Waals surface area contributed by atoms with E-state index in [-0.39, 0.29) is 18.7 Å². The predicted octanol–water partition coefficient (Wildman–Crippen LogP) is 2.67. The maximum Gasteiger partial charge on any atom is 0.410 e. The lowest BCUT2D eigenvalue weighted by molar-refractivity contribution is 0.0680. The number of ether oxygens (including phenoxy) is 2. The SMILES string of the molecule is COCCOC(=O)N1CC[C@@H](NS(C)(=O)=O)[C@H]1Cc1cccc(-c2ccccc2)c1. The summed E-state index contributed by atoms with van der Waals surface area (Å²) in [5, 5.41) is 0. The van der Waals surface area contributed by atoms with Crippen molar-refractivity contribution in [2.45, 2.75) is 24.9 Å². The molecule has 1 aliphatic rings. The second-order valence-corrected chi connectivity index (χ2v) is 9.20. The summed E-state index contributed by atoms with van der Waals surface area (Å²) in [7, 11) is -1.86. The molecule has 0 saturated carbocycles. The Bertz CT molecular complexity index is 949. The van der Waals surface area contributed by atoms with Gasteiger partial charge in [-0.1, -0.05) is 54.6 Å². The summed E-state index contributed by atoms with van der Waals surface area (Å²) in [6, 6.07) is 17.4. The van der Waals surface area contributed by atoms with Gasteiger partial charge in [0, 0.05) is 19.7 Å². The van der Waals surface area contributed by atoms with Gasteiger partial charge < -0.3 is 14.4 Å². The molecule has 30 heavy (non-hydrogen) atoms. The molecule has 7 nitrogen and oxygen atoms in total. The number of benzene rings is 2. The summed E-state index contributed by atoms with van der Waals surface area (Å²) in [6.07, 6.45) is 1.75. The van der Waals surface area contributed by atoms with Crippen LogP contribution in [0.4, 0.5) is 4.79 Å². The molecule has 1 amide bonds. The minimum absolute atomic E-state index is 0.159. The Balaban J connectivity index is 1.81. The Morgan fingerprint density at radius 2 is 1.83 bits per heavy atom. The van der Waals surface area contributed by atoms with Crippen LogP contribution >= 0.6 is 0 Å². The van der Waals surface area contributed by atoms with Crippen LogP contribution in [-0.2, 0) is 25.9 Å². The van der Waals surface area contributed by atoms with E-state index < -0.39 is 16.1 Å². The van der Waals surface area contributed by atoms with Gasteiger partial charge in [0.2, 0.25) is 10.0 Å². The number of nitrogens with one attached hydrogen (secondary N) is 1. The molecular weight excluding hydrogens is 404 g/mol. The van der Waals surface area contributed by atoms with E-state index in [1.165, 1.54) is 7.11 Å². The van der Waals surface area contributed by atoms with Crippen molar-refractivity contribution in [1.29, 1.82) is 0 Å². The first-order valence-electron chi connectivity index (χ1n) is 9.91. The summed E-state index contributed by atoms with van der Waals surface area (Å²) in [6.45, 7) is 0.905. The topological polar surface area (TPSA) is 84.9 Å². The molecule has 0 aromatic heterocycles. The smallest absolute Gasteiger partial charge is 0.410 e. The van der Waals surface area contributed by atoms with Crippen LogP contribution in [0.2, 0.25) is 0 Å². The third kappa shape index (κ3) is 6.04.